The molecule has 1 heterocycles. The van der Waals surface area contributed by atoms with E-state index in [0.29, 0.717) is 6.10 Å². The van der Waals surface area contributed by atoms with Crippen LogP contribution in [0.25, 0.3) is 0 Å². The van der Waals surface area contributed by atoms with E-state index in [1.165, 1.54) is 10.5 Å². The molecule has 6 heteroatoms. The molecule has 1 aliphatic heterocycles. The first-order valence-electron chi connectivity index (χ1n) is 9.07. The highest BCUT2D eigenvalue weighted by atomic mass is 127. The van der Waals surface area contributed by atoms with Crippen LogP contribution in [0, 0.1) is 6.92 Å². The SMILES string of the molecule is CCNC(=NCCSc1ccc(C)cc1)N1CCC(OCC)CC1.I. The van der Waals surface area contributed by atoms with E-state index >= 15 is 0 Å². The molecule has 25 heavy (non-hydrogen) atoms. The number of halogens is 1. The lowest BCUT2D eigenvalue weighted by Gasteiger charge is -2.34. The molecule has 0 aliphatic carbocycles. The molecule has 2 rings (SSSR count). The number of benzene rings is 1. The van der Waals surface area contributed by atoms with Crippen LogP contribution in [0.5, 0.6) is 0 Å². The van der Waals surface area contributed by atoms with Crippen molar-refractivity contribution in [2.45, 2.75) is 44.6 Å². The molecule has 4 nitrogen and oxygen atoms in total. The Kier molecular flexibility index (Phi) is 11.6. The minimum Gasteiger partial charge on any atom is -0.378 e. The number of nitrogens with one attached hydrogen (secondary N) is 1. The van der Waals surface area contributed by atoms with Crippen LogP contribution in [0.1, 0.15) is 32.3 Å². The molecule has 0 radical (unpaired) electrons. The summed E-state index contributed by atoms with van der Waals surface area (Å²) in [6.45, 7) is 10.9. The number of hydrogen-bond acceptors (Lipinski definition) is 3. The minimum absolute atomic E-state index is 0. The van der Waals surface area contributed by atoms with Crippen molar-refractivity contribution < 1.29 is 4.74 Å². The Morgan fingerprint density at radius 2 is 1.92 bits per heavy atom. The number of ether oxygens (including phenoxy) is 1. The average Bonchev–Trinajstić information content (AvgIpc) is 2.60. The van der Waals surface area contributed by atoms with Crippen molar-refractivity contribution in [3.8, 4) is 0 Å². The van der Waals surface area contributed by atoms with Gasteiger partial charge in [0.1, 0.15) is 0 Å². The lowest BCUT2D eigenvalue weighted by atomic mass is 10.1. The second-order valence-corrected chi connectivity index (χ2v) is 7.21. The molecular weight excluding hydrogens is 445 g/mol. The molecule has 1 aromatic rings. The Morgan fingerprint density at radius 1 is 1.24 bits per heavy atom. The highest BCUT2D eigenvalue weighted by Gasteiger charge is 2.21. The predicted molar refractivity (Wildman–Crippen MR) is 120 cm³/mol. The fraction of sp³-hybridized carbons (Fsp3) is 0.632. The van der Waals surface area contributed by atoms with Crippen LogP contribution in [-0.4, -0.2) is 55.5 Å². The summed E-state index contributed by atoms with van der Waals surface area (Å²) in [5.74, 6) is 2.06. The van der Waals surface area contributed by atoms with Crippen molar-refractivity contribution >= 4 is 41.7 Å². The number of guanidine groups is 1. The van der Waals surface area contributed by atoms with Crippen molar-refractivity contribution in [2.24, 2.45) is 4.99 Å². The summed E-state index contributed by atoms with van der Waals surface area (Å²) in [5.41, 5.74) is 1.31. The van der Waals surface area contributed by atoms with Crippen LogP contribution in [0.15, 0.2) is 34.2 Å². The first-order chi connectivity index (χ1) is 11.7. The summed E-state index contributed by atoms with van der Waals surface area (Å²) in [6.07, 6.45) is 2.61. The van der Waals surface area contributed by atoms with Crippen LogP contribution in [-0.2, 0) is 4.74 Å². The number of aliphatic imine (C=N–C) groups is 1. The molecule has 0 saturated carbocycles. The molecule has 0 spiro atoms. The van der Waals surface area contributed by atoms with Gasteiger partial charge in [0, 0.05) is 36.9 Å². The van der Waals surface area contributed by atoms with Gasteiger partial charge in [-0.25, -0.2) is 0 Å². The van der Waals surface area contributed by atoms with Gasteiger partial charge in [0.15, 0.2) is 5.96 Å². The summed E-state index contributed by atoms with van der Waals surface area (Å²) in [7, 11) is 0. The summed E-state index contributed by atoms with van der Waals surface area (Å²) in [6, 6.07) is 8.71. The van der Waals surface area contributed by atoms with Crippen molar-refractivity contribution in [2.75, 3.05) is 38.5 Å². The number of hydrogen-bond donors (Lipinski definition) is 1. The maximum Gasteiger partial charge on any atom is 0.193 e. The van der Waals surface area contributed by atoms with Crippen LogP contribution < -0.4 is 5.32 Å². The number of piperidine rings is 1. The monoisotopic (exact) mass is 477 g/mol. The van der Waals surface area contributed by atoms with Crippen molar-refractivity contribution in [1.29, 1.82) is 0 Å². The molecule has 0 bridgehead atoms. The zero-order valence-electron chi connectivity index (χ0n) is 15.7. The number of rotatable bonds is 7. The summed E-state index contributed by atoms with van der Waals surface area (Å²) in [4.78, 5) is 8.50. The quantitative estimate of drug-likeness (QED) is 0.210. The number of thioether (sulfide) groups is 1. The molecule has 1 aliphatic rings. The fourth-order valence-electron chi connectivity index (χ4n) is 2.85. The number of likely N-dealkylation sites (tertiary alicyclic amines) is 1. The van der Waals surface area contributed by atoms with E-state index in [0.717, 1.165) is 57.3 Å². The topological polar surface area (TPSA) is 36.9 Å². The lowest BCUT2D eigenvalue weighted by Crippen LogP contribution is -2.47. The second-order valence-electron chi connectivity index (χ2n) is 6.04. The van der Waals surface area contributed by atoms with Crippen molar-refractivity contribution in [1.82, 2.24) is 10.2 Å². The van der Waals surface area contributed by atoms with Gasteiger partial charge in [-0.05, 0) is 45.7 Å². The van der Waals surface area contributed by atoms with Gasteiger partial charge >= 0.3 is 0 Å². The Labute approximate surface area is 174 Å². The van der Waals surface area contributed by atoms with E-state index in [1.54, 1.807) is 0 Å². The van der Waals surface area contributed by atoms with Gasteiger partial charge < -0.3 is 15.0 Å². The molecule has 0 aromatic heterocycles. The Hall–Kier alpha value is -0.470. The Morgan fingerprint density at radius 3 is 2.52 bits per heavy atom. The van der Waals surface area contributed by atoms with Crippen LogP contribution >= 0.6 is 35.7 Å². The molecule has 1 N–H and O–H groups in total. The van der Waals surface area contributed by atoms with Crippen molar-refractivity contribution in [3.63, 3.8) is 0 Å². The van der Waals surface area contributed by atoms with E-state index < -0.39 is 0 Å². The van der Waals surface area contributed by atoms with Crippen LogP contribution in [0.2, 0.25) is 0 Å². The number of nitrogens with zero attached hydrogens (tertiary/aromatic N) is 2. The lowest BCUT2D eigenvalue weighted by molar-refractivity contribution is 0.0264. The average molecular weight is 477 g/mol. The normalized spacial score (nSPS) is 15.8. The molecular formula is C19H32IN3OS. The first kappa shape index (κ1) is 22.6. The summed E-state index contributed by atoms with van der Waals surface area (Å²) >= 11 is 1.87. The van der Waals surface area contributed by atoms with Gasteiger partial charge in [-0.1, -0.05) is 17.7 Å². The fourth-order valence-corrected chi connectivity index (χ4v) is 3.59. The van der Waals surface area contributed by atoms with Gasteiger partial charge in [0.25, 0.3) is 0 Å². The van der Waals surface area contributed by atoms with Crippen LogP contribution in [0.3, 0.4) is 0 Å². The van der Waals surface area contributed by atoms with E-state index in [4.69, 9.17) is 9.73 Å². The predicted octanol–water partition coefficient (Wildman–Crippen LogP) is 4.17. The third kappa shape index (κ3) is 8.17. The maximum absolute atomic E-state index is 5.74. The number of aryl methyl sites for hydroxylation is 1. The van der Waals surface area contributed by atoms with Gasteiger partial charge in [0.05, 0.1) is 12.6 Å². The summed E-state index contributed by atoms with van der Waals surface area (Å²) in [5, 5.41) is 3.43. The molecule has 0 unspecified atom stereocenters. The maximum atomic E-state index is 5.74. The van der Waals surface area contributed by atoms with E-state index in [-0.39, 0.29) is 24.0 Å². The third-order valence-corrected chi connectivity index (χ3v) is 5.11. The smallest absolute Gasteiger partial charge is 0.193 e. The molecule has 1 fully saturated rings. The van der Waals surface area contributed by atoms with Gasteiger partial charge in [-0.15, -0.1) is 35.7 Å². The largest absolute Gasteiger partial charge is 0.378 e. The first-order valence-corrected chi connectivity index (χ1v) is 10.1. The Bertz CT molecular complexity index is 502. The molecule has 142 valence electrons. The second kappa shape index (κ2) is 12.8. The standard InChI is InChI=1S/C19H31N3OS.HI/c1-4-20-19(22-13-10-17(11-14-22)23-5-2)21-12-15-24-18-8-6-16(3)7-9-18;/h6-9,17H,4-5,10-15H2,1-3H3,(H,20,21);1H. The summed E-state index contributed by atoms with van der Waals surface area (Å²) < 4.78 is 5.74. The Balaban J connectivity index is 0.00000312. The van der Waals surface area contributed by atoms with E-state index in [9.17, 15) is 0 Å². The third-order valence-electron chi connectivity index (χ3n) is 4.12. The molecule has 1 aromatic carbocycles. The van der Waals surface area contributed by atoms with E-state index in [2.05, 4.69) is 55.3 Å². The van der Waals surface area contributed by atoms with E-state index in [1.807, 2.05) is 11.8 Å². The minimum atomic E-state index is 0. The van der Waals surface area contributed by atoms with Gasteiger partial charge in [-0.3, -0.25) is 4.99 Å². The highest BCUT2D eigenvalue weighted by molar-refractivity contribution is 14.0. The molecule has 1 saturated heterocycles. The zero-order valence-corrected chi connectivity index (χ0v) is 18.8. The van der Waals surface area contributed by atoms with Crippen molar-refractivity contribution in [3.05, 3.63) is 29.8 Å². The van der Waals surface area contributed by atoms with Crippen LogP contribution in [0.4, 0.5) is 0 Å². The van der Waals surface area contributed by atoms with Gasteiger partial charge in [0.2, 0.25) is 0 Å². The molecule has 0 atom stereocenters. The zero-order chi connectivity index (χ0) is 17.2. The van der Waals surface area contributed by atoms with Gasteiger partial charge in [-0.2, -0.15) is 0 Å². The molecule has 0 amide bonds. The highest BCUT2D eigenvalue weighted by Crippen LogP contribution is 2.18.